The van der Waals surface area contributed by atoms with Crippen molar-refractivity contribution in [3.05, 3.63) is 52.2 Å². The molecule has 2 aromatic rings. The van der Waals surface area contributed by atoms with E-state index in [-0.39, 0.29) is 34.9 Å². The van der Waals surface area contributed by atoms with E-state index in [1.54, 1.807) is 42.5 Å². The molecule has 0 spiro atoms. The number of thiophene rings is 1. The van der Waals surface area contributed by atoms with E-state index < -0.39 is 15.6 Å². The van der Waals surface area contributed by atoms with Gasteiger partial charge in [0.05, 0.1) is 18.0 Å². The Hall–Kier alpha value is -1.21. The maximum Gasteiger partial charge on any atom is 0.240 e. The first-order valence-electron chi connectivity index (χ1n) is 9.68. The van der Waals surface area contributed by atoms with Crippen LogP contribution in [0.1, 0.15) is 37.8 Å². The van der Waals surface area contributed by atoms with Gasteiger partial charge < -0.3 is 15.7 Å². The fourth-order valence-electron chi connectivity index (χ4n) is 2.70. The summed E-state index contributed by atoms with van der Waals surface area (Å²) in [4.78, 5) is 4.81. The number of halogens is 1. The van der Waals surface area contributed by atoms with Crippen molar-refractivity contribution in [1.29, 1.82) is 0 Å². The van der Waals surface area contributed by atoms with E-state index >= 15 is 0 Å². The van der Waals surface area contributed by atoms with Crippen molar-refractivity contribution >= 4 is 51.3 Å². The SMILES string of the molecule is CCNC(=NCc1ccc(S(=O)(=O)NC2CC2)cc1)NCC(C)(O)c1ccsc1.I. The van der Waals surface area contributed by atoms with Gasteiger partial charge in [-0.3, -0.25) is 0 Å². The predicted octanol–water partition coefficient (Wildman–Crippen LogP) is 2.77. The van der Waals surface area contributed by atoms with Gasteiger partial charge in [-0.1, -0.05) is 12.1 Å². The topological polar surface area (TPSA) is 103 Å². The van der Waals surface area contributed by atoms with E-state index in [1.807, 2.05) is 23.8 Å². The van der Waals surface area contributed by atoms with Crippen molar-refractivity contribution in [3.8, 4) is 0 Å². The largest absolute Gasteiger partial charge is 0.384 e. The fraction of sp³-hybridized carbons (Fsp3) is 0.450. The fourth-order valence-corrected chi connectivity index (χ4v) is 4.79. The summed E-state index contributed by atoms with van der Waals surface area (Å²) in [5.41, 5.74) is 0.764. The number of hydrogen-bond acceptors (Lipinski definition) is 5. The highest BCUT2D eigenvalue weighted by Crippen LogP contribution is 2.23. The van der Waals surface area contributed by atoms with Gasteiger partial charge in [-0.25, -0.2) is 18.1 Å². The second kappa shape index (κ2) is 10.9. The van der Waals surface area contributed by atoms with Gasteiger partial charge in [0.25, 0.3) is 0 Å². The Morgan fingerprint density at radius 2 is 1.93 bits per heavy atom. The van der Waals surface area contributed by atoms with Crippen molar-refractivity contribution in [1.82, 2.24) is 15.4 Å². The van der Waals surface area contributed by atoms with E-state index in [9.17, 15) is 13.5 Å². The van der Waals surface area contributed by atoms with Crippen LogP contribution < -0.4 is 15.4 Å². The Kier molecular flexibility index (Phi) is 9.10. The Balaban J connectivity index is 0.00000320. The van der Waals surface area contributed by atoms with Crippen molar-refractivity contribution in [2.45, 2.75) is 49.8 Å². The summed E-state index contributed by atoms with van der Waals surface area (Å²) in [7, 11) is -3.44. The van der Waals surface area contributed by atoms with Crippen LogP contribution in [0, 0.1) is 0 Å². The summed E-state index contributed by atoms with van der Waals surface area (Å²) in [5.74, 6) is 0.593. The zero-order valence-corrected chi connectivity index (χ0v) is 21.1. The zero-order chi connectivity index (χ0) is 20.9. The monoisotopic (exact) mass is 564 g/mol. The van der Waals surface area contributed by atoms with Gasteiger partial charge in [0.15, 0.2) is 5.96 Å². The molecular formula is C20H29IN4O3S2. The molecule has 1 saturated carbocycles. The average molecular weight is 565 g/mol. The normalized spacial score (nSPS) is 16.4. The number of benzene rings is 1. The van der Waals surface area contributed by atoms with Gasteiger partial charge in [0, 0.05) is 12.6 Å². The van der Waals surface area contributed by atoms with Gasteiger partial charge in [0.1, 0.15) is 5.60 Å². The van der Waals surface area contributed by atoms with Gasteiger partial charge >= 0.3 is 0 Å². The molecule has 0 saturated heterocycles. The minimum atomic E-state index is -3.44. The maximum absolute atomic E-state index is 12.2. The predicted molar refractivity (Wildman–Crippen MR) is 132 cm³/mol. The van der Waals surface area contributed by atoms with Crippen LogP contribution in [-0.4, -0.2) is 38.6 Å². The molecule has 1 heterocycles. The standard InChI is InChI=1S/C20H28N4O3S2.HI/c1-3-21-19(23-14-20(2,25)16-10-11-28-13-16)22-12-15-4-8-18(9-5-15)29(26,27)24-17-6-7-17;/h4-5,8-11,13,17,24-25H,3,6-7,12,14H2,1-2H3,(H2,21,22,23);1H. The third-order valence-corrected chi connectivity index (χ3v) is 6.86. The van der Waals surface area contributed by atoms with Gasteiger partial charge in [-0.15, -0.1) is 24.0 Å². The Morgan fingerprint density at radius 3 is 2.50 bits per heavy atom. The minimum absolute atomic E-state index is 0. The van der Waals surface area contributed by atoms with Crippen LogP contribution in [0.5, 0.6) is 0 Å². The molecule has 1 aromatic carbocycles. The second-order valence-corrected chi connectivity index (χ2v) is 9.87. The summed E-state index contributed by atoms with van der Waals surface area (Å²) in [5, 5.41) is 20.8. The van der Waals surface area contributed by atoms with Crippen molar-refractivity contribution in [2.75, 3.05) is 13.1 Å². The van der Waals surface area contributed by atoms with Crippen molar-refractivity contribution in [2.24, 2.45) is 4.99 Å². The molecule has 0 aliphatic heterocycles. The number of nitrogens with one attached hydrogen (secondary N) is 3. The first-order chi connectivity index (χ1) is 13.8. The lowest BCUT2D eigenvalue weighted by atomic mass is 9.99. The molecular weight excluding hydrogens is 535 g/mol. The molecule has 1 atom stereocenters. The highest BCUT2D eigenvalue weighted by atomic mass is 127. The quantitative estimate of drug-likeness (QED) is 0.213. The van der Waals surface area contributed by atoms with Crippen LogP contribution in [0.3, 0.4) is 0 Å². The van der Waals surface area contributed by atoms with E-state index in [2.05, 4.69) is 20.3 Å². The lowest BCUT2D eigenvalue weighted by molar-refractivity contribution is 0.0621. The summed E-state index contributed by atoms with van der Waals surface area (Å²) >= 11 is 1.55. The van der Waals surface area contributed by atoms with Crippen LogP contribution in [0.4, 0.5) is 0 Å². The van der Waals surface area contributed by atoms with E-state index in [1.165, 1.54) is 0 Å². The first-order valence-corrected chi connectivity index (χ1v) is 12.1. The Morgan fingerprint density at radius 1 is 1.23 bits per heavy atom. The second-order valence-electron chi connectivity index (χ2n) is 7.37. The first kappa shape index (κ1) is 25.1. The Labute approximate surface area is 199 Å². The lowest BCUT2D eigenvalue weighted by Crippen LogP contribution is -2.44. The molecule has 30 heavy (non-hydrogen) atoms. The van der Waals surface area contributed by atoms with E-state index in [0.717, 1.165) is 24.0 Å². The lowest BCUT2D eigenvalue weighted by Gasteiger charge is -2.24. The highest BCUT2D eigenvalue weighted by Gasteiger charge is 2.28. The van der Waals surface area contributed by atoms with Crippen LogP contribution >= 0.6 is 35.3 Å². The molecule has 0 bridgehead atoms. The summed E-state index contributed by atoms with van der Waals surface area (Å²) in [6.45, 7) is 5.14. The van der Waals surface area contributed by atoms with Crippen LogP contribution in [0.25, 0.3) is 0 Å². The van der Waals surface area contributed by atoms with Crippen LogP contribution in [0.15, 0.2) is 51.0 Å². The number of sulfonamides is 1. The zero-order valence-electron chi connectivity index (χ0n) is 17.1. The number of aliphatic hydroxyl groups is 1. The molecule has 166 valence electrons. The van der Waals surface area contributed by atoms with Gasteiger partial charge in [0.2, 0.25) is 10.0 Å². The molecule has 1 aromatic heterocycles. The molecule has 1 aliphatic rings. The maximum atomic E-state index is 12.2. The molecule has 7 nitrogen and oxygen atoms in total. The molecule has 3 rings (SSSR count). The summed E-state index contributed by atoms with van der Waals surface area (Å²) in [6.07, 6.45) is 1.82. The van der Waals surface area contributed by atoms with E-state index in [4.69, 9.17) is 0 Å². The number of guanidine groups is 1. The molecule has 0 radical (unpaired) electrons. The molecule has 10 heteroatoms. The van der Waals surface area contributed by atoms with E-state index in [0.29, 0.717) is 25.6 Å². The van der Waals surface area contributed by atoms with Crippen LogP contribution in [-0.2, 0) is 22.2 Å². The number of nitrogens with zero attached hydrogens (tertiary/aromatic N) is 1. The molecule has 1 fully saturated rings. The third-order valence-electron chi connectivity index (χ3n) is 4.64. The molecule has 0 amide bonds. The van der Waals surface area contributed by atoms with Crippen molar-refractivity contribution < 1.29 is 13.5 Å². The van der Waals surface area contributed by atoms with Gasteiger partial charge in [-0.2, -0.15) is 11.3 Å². The number of rotatable bonds is 9. The van der Waals surface area contributed by atoms with Gasteiger partial charge in [-0.05, 0) is 66.8 Å². The summed E-state index contributed by atoms with van der Waals surface area (Å²) in [6, 6.07) is 8.76. The number of hydrogen-bond donors (Lipinski definition) is 4. The number of aliphatic imine (C=N–C) groups is 1. The van der Waals surface area contributed by atoms with Crippen LogP contribution in [0.2, 0.25) is 0 Å². The van der Waals surface area contributed by atoms with Crippen molar-refractivity contribution in [3.63, 3.8) is 0 Å². The smallest absolute Gasteiger partial charge is 0.240 e. The molecule has 4 N–H and O–H groups in total. The third kappa shape index (κ3) is 7.19. The average Bonchev–Trinajstić information content (AvgIpc) is 3.30. The minimum Gasteiger partial charge on any atom is -0.384 e. The Bertz CT molecular complexity index is 925. The molecule has 1 aliphatic carbocycles. The summed E-state index contributed by atoms with van der Waals surface area (Å²) < 4.78 is 27.2. The highest BCUT2D eigenvalue weighted by molar-refractivity contribution is 14.0. The molecule has 1 unspecified atom stereocenters.